The summed E-state index contributed by atoms with van der Waals surface area (Å²) >= 11 is 0. The molecule has 0 radical (unpaired) electrons. The number of fused-ring (bicyclic) bond motifs is 3. The first-order chi connectivity index (χ1) is 16.4. The van der Waals surface area contributed by atoms with Gasteiger partial charge in [-0.3, -0.25) is 9.59 Å². The number of benzene rings is 2. The highest BCUT2D eigenvalue weighted by atomic mass is 16.5. The molecule has 1 aliphatic heterocycles. The summed E-state index contributed by atoms with van der Waals surface area (Å²) in [5, 5.41) is 3.61. The van der Waals surface area contributed by atoms with Gasteiger partial charge in [0.25, 0.3) is 5.91 Å². The van der Waals surface area contributed by atoms with E-state index in [4.69, 9.17) is 23.4 Å². The summed E-state index contributed by atoms with van der Waals surface area (Å²) < 4.78 is 28.0. The minimum absolute atomic E-state index is 0.0616. The van der Waals surface area contributed by atoms with Gasteiger partial charge >= 0.3 is 0 Å². The van der Waals surface area contributed by atoms with Gasteiger partial charge in [0.05, 0.1) is 38.3 Å². The van der Waals surface area contributed by atoms with E-state index >= 15 is 0 Å². The molecule has 1 atom stereocenters. The third-order valence-corrected chi connectivity index (χ3v) is 6.05. The number of rotatable bonds is 8. The molecule has 2 aromatic carbocycles. The van der Waals surface area contributed by atoms with E-state index in [-0.39, 0.29) is 38.0 Å². The van der Waals surface area contributed by atoms with Crippen molar-refractivity contribution in [1.29, 1.82) is 0 Å². The number of nitrogens with one attached hydrogen (secondary N) is 1. The monoisotopic (exact) mass is 468 g/mol. The van der Waals surface area contributed by atoms with E-state index in [0.29, 0.717) is 33.8 Å². The Hall–Kier alpha value is -3.72. The maximum atomic E-state index is 13.6. The zero-order chi connectivity index (χ0) is 24.3. The summed E-state index contributed by atoms with van der Waals surface area (Å²) in [4.78, 5) is 28.6. The van der Waals surface area contributed by atoms with E-state index in [0.717, 1.165) is 0 Å². The van der Waals surface area contributed by atoms with Crippen molar-refractivity contribution in [2.24, 2.45) is 0 Å². The predicted octanol–water partition coefficient (Wildman–Crippen LogP) is 3.01. The SMILES string of the molecule is COCCN1C(=O)c2oc3ccccc3c2OCC1(C)C(=O)NCc1c(OC)cccc1OC. The molecule has 34 heavy (non-hydrogen) atoms. The average molecular weight is 469 g/mol. The van der Waals surface area contributed by atoms with Crippen LogP contribution >= 0.6 is 0 Å². The molecular formula is C25H28N2O7. The molecule has 1 aliphatic rings. The molecule has 1 N–H and O–H groups in total. The topological polar surface area (TPSA) is 99.5 Å². The highest BCUT2D eigenvalue weighted by Crippen LogP contribution is 2.38. The Kier molecular flexibility index (Phi) is 6.65. The van der Waals surface area contributed by atoms with Crippen molar-refractivity contribution in [2.75, 3.05) is 41.1 Å². The van der Waals surface area contributed by atoms with Gasteiger partial charge in [0.15, 0.2) is 11.3 Å². The summed E-state index contributed by atoms with van der Waals surface area (Å²) in [5.41, 5.74) is -0.0939. The van der Waals surface area contributed by atoms with Crippen LogP contribution in [0, 0.1) is 0 Å². The van der Waals surface area contributed by atoms with E-state index < -0.39 is 11.4 Å². The van der Waals surface area contributed by atoms with Crippen LogP contribution in [0.15, 0.2) is 46.9 Å². The Bertz CT molecular complexity index is 1180. The Morgan fingerprint density at radius 2 is 1.79 bits per heavy atom. The molecule has 2 amide bonds. The van der Waals surface area contributed by atoms with Gasteiger partial charge in [-0.1, -0.05) is 18.2 Å². The number of carbonyl (C=O) groups excluding carboxylic acids is 2. The normalized spacial score (nSPS) is 17.6. The second-order valence-corrected chi connectivity index (χ2v) is 8.09. The maximum absolute atomic E-state index is 13.6. The van der Waals surface area contributed by atoms with Gasteiger partial charge in [-0.05, 0) is 31.2 Å². The Morgan fingerprint density at radius 1 is 1.09 bits per heavy atom. The Morgan fingerprint density at radius 3 is 2.47 bits per heavy atom. The molecule has 1 aromatic heterocycles. The molecular weight excluding hydrogens is 440 g/mol. The van der Waals surface area contributed by atoms with Gasteiger partial charge in [0.1, 0.15) is 23.7 Å². The molecule has 0 spiro atoms. The van der Waals surface area contributed by atoms with Crippen molar-refractivity contribution in [3.05, 3.63) is 53.8 Å². The quantitative estimate of drug-likeness (QED) is 0.543. The summed E-state index contributed by atoms with van der Waals surface area (Å²) in [6.45, 7) is 2.17. The smallest absolute Gasteiger partial charge is 0.294 e. The van der Waals surface area contributed by atoms with Gasteiger partial charge in [-0.2, -0.15) is 0 Å². The van der Waals surface area contributed by atoms with Gasteiger partial charge in [0.2, 0.25) is 11.7 Å². The van der Waals surface area contributed by atoms with Crippen LogP contribution in [0.25, 0.3) is 11.0 Å². The number of carbonyl (C=O) groups is 2. The number of furan rings is 1. The summed E-state index contributed by atoms with van der Waals surface area (Å²) in [7, 11) is 4.64. The Labute approximate surface area is 197 Å². The highest BCUT2D eigenvalue weighted by molar-refractivity contribution is 6.04. The van der Waals surface area contributed by atoms with Crippen molar-refractivity contribution < 1.29 is 33.0 Å². The summed E-state index contributed by atoms with van der Waals surface area (Å²) in [6, 6.07) is 12.6. The first-order valence-electron chi connectivity index (χ1n) is 10.9. The number of ether oxygens (including phenoxy) is 4. The van der Waals surface area contributed by atoms with Crippen LogP contribution in [0.5, 0.6) is 17.2 Å². The molecule has 4 rings (SSSR count). The van der Waals surface area contributed by atoms with E-state index in [1.54, 1.807) is 45.4 Å². The molecule has 9 heteroatoms. The van der Waals surface area contributed by atoms with Gasteiger partial charge in [0, 0.05) is 13.7 Å². The number of para-hydroxylation sites is 1. The Balaban J connectivity index is 1.65. The lowest BCUT2D eigenvalue weighted by Gasteiger charge is -2.37. The standard InChI is InChI=1S/C25H28N2O7/c1-25(24(29)26-14-17-18(31-3)10-7-11-19(17)32-4)15-33-21-16-8-5-6-9-20(16)34-22(21)23(28)27(25)12-13-30-2/h5-11H,12-15H2,1-4H3,(H,26,29). The zero-order valence-electron chi connectivity index (χ0n) is 19.7. The number of hydrogen-bond acceptors (Lipinski definition) is 7. The number of amides is 2. The largest absolute Gasteiger partial charge is 0.496 e. The lowest BCUT2D eigenvalue weighted by Crippen LogP contribution is -2.61. The van der Waals surface area contributed by atoms with Crippen molar-refractivity contribution >= 4 is 22.8 Å². The van der Waals surface area contributed by atoms with E-state index in [2.05, 4.69) is 5.32 Å². The van der Waals surface area contributed by atoms with Crippen molar-refractivity contribution in [2.45, 2.75) is 19.0 Å². The molecule has 3 aromatic rings. The minimum Gasteiger partial charge on any atom is -0.496 e. The molecule has 9 nitrogen and oxygen atoms in total. The third kappa shape index (κ3) is 4.03. The molecule has 0 fully saturated rings. The number of hydrogen-bond donors (Lipinski definition) is 1. The highest BCUT2D eigenvalue weighted by Gasteiger charge is 2.47. The summed E-state index contributed by atoms with van der Waals surface area (Å²) in [6.07, 6.45) is 0. The van der Waals surface area contributed by atoms with Gasteiger partial charge < -0.3 is 33.6 Å². The van der Waals surface area contributed by atoms with Crippen LogP contribution < -0.4 is 19.5 Å². The van der Waals surface area contributed by atoms with Crippen LogP contribution in [-0.4, -0.2) is 63.3 Å². The van der Waals surface area contributed by atoms with Crippen LogP contribution in [0.4, 0.5) is 0 Å². The predicted molar refractivity (Wildman–Crippen MR) is 124 cm³/mol. The van der Waals surface area contributed by atoms with Crippen molar-refractivity contribution in [1.82, 2.24) is 10.2 Å². The molecule has 0 bridgehead atoms. The molecule has 2 heterocycles. The fourth-order valence-electron chi connectivity index (χ4n) is 4.12. The van der Waals surface area contributed by atoms with Gasteiger partial charge in [-0.15, -0.1) is 0 Å². The maximum Gasteiger partial charge on any atom is 0.294 e. The molecule has 0 saturated heterocycles. The lowest BCUT2D eigenvalue weighted by atomic mass is 9.99. The van der Waals surface area contributed by atoms with E-state index in [1.807, 2.05) is 18.2 Å². The molecule has 180 valence electrons. The fraction of sp³-hybridized carbons (Fsp3) is 0.360. The fourth-order valence-corrected chi connectivity index (χ4v) is 4.12. The second-order valence-electron chi connectivity index (χ2n) is 8.09. The lowest BCUT2D eigenvalue weighted by molar-refractivity contribution is -0.133. The first-order valence-corrected chi connectivity index (χ1v) is 10.9. The van der Waals surface area contributed by atoms with Crippen LogP contribution in [0.3, 0.4) is 0 Å². The summed E-state index contributed by atoms with van der Waals surface area (Å²) in [5.74, 6) is 0.749. The van der Waals surface area contributed by atoms with E-state index in [9.17, 15) is 9.59 Å². The molecule has 1 unspecified atom stereocenters. The third-order valence-electron chi connectivity index (χ3n) is 6.05. The number of methoxy groups -OCH3 is 3. The second kappa shape index (κ2) is 9.64. The van der Waals surface area contributed by atoms with E-state index in [1.165, 1.54) is 12.0 Å². The van der Waals surface area contributed by atoms with Crippen molar-refractivity contribution in [3.63, 3.8) is 0 Å². The van der Waals surface area contributed by atoms with Crippen LogP contribution in [-0.2, 0) is 16.1 Å². The molecule has 0 saturated carbocycles. The average Bonchev–Trinajstić information content (AvgIpc) is 3.19. The number of nitrogens with zero attached hydrogens (tertiary/aromatic N) is 1. The minimum atomic E-state index is -1.33. The van der Waals surface area contributed by atoms with Gasteiger partial charge in [-0.25, -0.2) is 0 Å². The molecule has 0 aliphatic carbocycles. The zero-order valence-corrected chi connectivity index (χ0v) is 19.7. The first kappa shape index (κ1) is 23.4. The van der Waals surface area contributed by atoms with Crippen molar-refractivity contribution in [3.8, 4) is 17.2 Å². The van der Waals surface area contributed by atoms with Crippen LogP contribution in [0.1, 0.15) is 23.0 Å². The van der Waals surface area contributed by atoms with Crippen LogP contribution in [0.2, 0.25) is 0 Å².